The van der Waals surface area contributed by atoms with Crippen LogP contribution in [0.3, 0.4) is 0 Å². The van der Waals surface area contributed by atoms with Gasteiger partial charge in [0.15, 0.2) is 0 Å². The van der Waals surface area contributed by atoms with Gasteiger partial charge >= 0.3 is 0 Å². The zero-order chi connectivity index (χ0) is 13.8. The number of nitrogens with zero attached hydrogens (tertiary/aromatic N) is 2. The van der Waals surface area contributed by atoms with Crippen molar-refractivity contribution in [2.75, 3.05) is 0 Å². The van der Waals surface area contributed by atoms with E-state index >= 15 is 0 Å². The number of aryl methyl sites for hydroxylation is 2. The van der Waals surface area contributed by atoms with Crippen molar-refractivity contribution in [1.29, 1.82) is 0 Å². The average Bonchev–Trinajstić information content (AvgIpc) is 2.71. The van der Waals surface area contributed by atoms with Gasteiger partial charge in [-0.1, -0.05) is 11.2 Å². The Labute approximate surface area is 112 Å². The Morgan fingerprint density at radius 2 is 2.26 bits per heavy atom. The van der Waals surface area contributed by atoms with E-state index in [0.717, 1.165) is 16.8 Å². The third-order valence-corrected chi connectivity index (χ3v) is 3.08. The van der Waals surface area contributed by atoms with Gasteiger partial charge in [-0.25, -0.2) is 0 Å². The zero-order valence-corrected chi connectivity index (χ0v) is 11.3. The molecule has 0 fully saturated rings. The highest BCUT2D eigenvalue weighted by Crippen LogP contribution is 2.14. The molecule has 0 radical (unpaired) electrons. The first-order valence-electron chi connectivity index (χ1n) is 6.19. The molecule has 0 aliphatic heterocycles. The van der Waals surface area contributed by atoms with Gasteiger partial charge in [0, 0.05) is 18.0 Å². The number of rotatable bonds is 4. The third-order valence-electron chi connectivity index (χ3n) is 3.08. The predicted octanol–water partition coefficient (Wildman–Crippen LogP) is 2.11. The molecule has 19 heavy (non-hydrogen) atoms. The Morgan fingerprint density at radius 1 is 1.47 bits per heavy atom. The molecule has 0 saturated heterocycles. The molecule has 0 aliphatic rings. The Kier molecular flexibility index (Phi) is 3.94. The maximum atomic E-state index is 12.0. The standard InChI is InChI=1S/C14H17N3O2/c1-9(12-5-4-6-15-8-12)16-14(18)7-13-10(2)17-19-11(13)3/h4-6,8-9H,7H2,1-3H3,(H,16,18)/t9-/m0/s1. The van der Waals surface area contributed by atoms with Crippen LogP contribution in [0, 0.1) is 13.8 Å². The molecule has 100 valence electrons. The highest BCUT2D eigenvalue weighted by atomic mass is 16.5. The molecule has 0 spiro atoms. The van der Waals surface area contributed by atoms with Gasteiger partial charge in [0.1, 0.15) is 5.76 Å². The second-order valence-corrected chi connectivity index (χ2v) is 4.56. The van der Waals surface area contributed by atoms with Crippen LogP contribution >= 0.6 is 0 Å². The second kappa shape index (κ2) is 5.65. The summed E-state index contributed by atoms with van der Waals surface area (Å²) in [5.74, 6) is 0.646. The molecule has 0 bridgehead atoms. The van der Waals surface area contributed by atoms with Gasteiger partial charge < -0.3 is 9.84 Å². The van der Waals surface area contributed by atoms with Crippen LogP contribution in [0.25, 0.3) is 0 Å². The van der Waals surface area contributed by atoms with Crippen molar-refractivity contribution >= 4 is 5.91 Å². The van der Waals surface area contributed by atoms with Crippen LogP contribution < -0.4 is 5.32 Å². The van der Waals surface area contributed by atoms with Crippen LogP contribution in [0.1, 0.15) is 35.5 Å². The highest BCUT2D eigenvalue weighted by Gasteiger charge is 2.15. The molecule has 5 nitrogen and oxygen atoms in total. The summed E-state index contributed by atoms with van der Waals surface area (Å²) >= 11 is 0. The predicted molar refractivity (Wildman–Crippen MR) is 70.5 cm³/mol. The van der Waals surface area contributed by atoms with E-state index in [-0.39, 0.29) is 18.4 Å². The SMILES string of the molecule is Cc1noc(C)c1CC(=O)N[C@@H](C)c1cccnc1. The molecule has 2 rings (SSSR count). The fraction of sp³-hybridized carbons (Fsp3) is 0.357. The van der Waals surface area contributed by atoms with Crippen molar-refractivity contribution in [3.63, 3.8) is 0 Å². The van der Waals surface area contributed by atoms with Crippen LogP contribution in [-0.2, 0) is 11.2 Å². The fourth-order valence-corrected chi connectivity index (χ4v) is 1.92. The number of amides is 1. The van der Waals surface area contributed by atoms with E-state index in [1.807, 2.05) is 32.9 Å². The normalized spacial score (nSPS) is 12.2. The lowest BCUT2D eigenvalue weighted by atomic mass is 10.1. The number of hydrogen-bond acceptors (Lipinski definition) is 4. The molecular weight excluding hydrogens is 242 g/mol. The van der Waals surface area contributed by atoms with E-state index < -0.39 is 0 Å². The highest BCUT2D eigenvalue weighted by molar-refractivity contribution is 5.79. The molecule has 0 unspecified atom stereocenters. The van der Waals surface area contributed by atoms with Gasteiger partial charge in [0.05, 0.1) is 18.2 Å². The molecule has 0 aromatic carbocycles. The van der Waals surface area contributed by atoms with Crippen LogP contribution in [-0.4, -0.2) is 16.0 Å². The summed E-state index contributed by atoms with van der Waals surface area (Å²) in [6.45, 7) is 5.58. The number of hydrogen-bond donors (Lipinski definition) is 1. The van der Waals surface area contributed by atoms with Crippen molar-refractivity contribution < 1.29 is 9.32 Å². The Hall–Kier alpha value is -2.17. The summed E-state index contributed by atoms with van der Waals surface area (Å²) < 4.78 is 5.05. The van der Waals surface area contributed by atoms with Crippen molar-refractivity contribution in [3.05, 3.63) is 47.1 Å². The maximum absolute atomic E-state index is 12.0. The molecule has 2 heterocycles. The number of nitrogens with one attached hydrogen (secondary N) is 1. The van der Waals surface area contributed by atoms with Crippen LogP contribution in [0.4, 0.5) is 0 Å². The van der Waals surface area contributed by atoms with Crippen molar-refractivity contribution in [2.45, 2.75) is 33.2 Å². The van der Waals surface area contributed by atoms with E-state index in [4.69, 9.17) is 4.52 Å². The topological polar surface area (TPSA) is 68.0 Å². The first kappa shape index (κ1) is 13.3. The second-order valence-electron chi connectivity index (χ2n) is 4.56. The summed E-state index contributed by atoms with van der Waals surface area (Å²) in [7, 11) is 0. The Balaban J connectivity index is 1.99. The summed E-state index contributed by atoms with van der Waals surface area (Å²) in [4.78, 5) is 16.0. The van der Waals surface area contributed by atoms with Gasteiger partial charge in [-0.3, -0.25) is 9.78 Å². The van der Waals surface area contributed by atoms with Gasteiger partial charge in [0.2, 0.25) is 5.91 Å². The summed E-state index contributed by atoms with van der Waals surface area (Å²) in [5.41, 5.74) is 2.60. The third kappa shape index (κ3) is 3.19. The molecule has 1 N–H and O–H groups in total. The molecule has 0 aliphatic carbocycles. The van der Waals surface area contributed by atoms with E-state index in [9.17, 15) is 4.79 Å². The molecule has 0 saturated carbocycles. The van der Waals surface area contributed by atoms with E-state index in [2.05, 4.69) is 15.5 Å². The van der Waals surface area contributed by atoms with Gasteiger partial charge in [-0.15, -0.1) is 0 Å². The lowest BCUT2D eigenvalue weighted by molar-refractivity contribution is -0.121. The summed E-state index contributed by atoms with van der Waals surface area (Å²) in [6.07, 6.45) is 3.74. The van der Waals surface area contributed by atoms with Crippen LogP contribution in [0.15, 0.2) is 29.0 Å². The maximum Gasteiger partial charge on any atom is 0.225 e. The molecule has 1 atom stereocenters. The zero-order valence-electron chi connectivity index (χ0n) is 11.3. The number of carbonyl (C=O) groups is 1. The fourth-order valence-electron chi connectivity index (χ4n) is 1.92. The molecule has 2 aromatic rings. The lowest BCUT2D eigenvalue weighted by Crippen LogP contribution is -2.28. The van der Waals surface area contributed by atoms with Crippen LogP contribution in [0.5, 0.6) is 0 Å². The number of pyridine rings is 1. The summed E-state index contributed by atoms with van der Waals surface area (Å²) in [6, 6.07) is 3.72. The molecule has 2 aromatic heterocycles. The minimum absolute atomic E-state index is 0.0502. The largest absolute Gasteiger partial charge is 0.361 e. The Morgan fingerprint density at radius 3 is 2.84 bits per heavy atom. The minimum Gasteiger partial charge on any atom is -0.361 e. The van der Waals surface area contributed by atoms with Gasteiger partial charge in [-0.2, -0.15) is 0 Å². The first-order valence-corrected chi connectivity index (χ1v) is 6.19. The molecule has 5 heteroatoms. The molecule has 1 amide bonds. The monoisotopic (exact) mass is 259 g/mol. The van der Waals surface area contributed by atoms with Gasteiger partial charge in [0.25, 0.3) is 0 Å². The van der Waals surface area contributed by atoms with Crippen molar-refractivity contribution in [2.24, 2.45) is 0 Å². The lowest BCUT2D eigenvalue weighted by Gasteiger charge is -2.13. The molecular formula is C14H17N3O2. The Bertz CT molecular complexity index is 544. The number of aromatic nitrogens is 2. The van der Waals surface area contributed by atoms with Crippen molar-refractivity contribution in [1.82, 2.24) is 15.5 Å². The smallest absolute Gasteiger partial charge is 0.225 e. The summed E-state index contributed by atoms with van der Waals surface area (Å²) in [5, 5.41) is 6.78. The number of carbonyl (C=O) groups excluding carboxylic acids is 1. The van der Waals surface area contributed by atoms with Gasteiger partial charge in [-0.05, 0) is 32.4 Å². The quantitative estimate of drug-likeness (QED) is 0.913. The van der Waals surface area contributed by atoms with E-state index in [1.54, 1.807) is 12.4 Å². The average molecular weight is 259 g/mol. The van der Waals surface area contributed by atoms with E-state index in [1.165, 1.54) is 0 Å². The minimum atomic E-state index is -0.0679. The van der Waals surface area contributed by atoms with Crippen LogP contribution in [0.2, 0.25) is 0 Å². The van der Waals surface area contributed by atoms with Crippen molar-refractivity contribution in [3.8, 4) is 0 Å². The van der Waals surface area contributed by atoms with E-state index in [0.29, 0.717) is 5.76 Å². The first-order chi connectivity index (χ1) is 9.08.